The molecule has 1 aromatic rings. The second-order valence-electron chi connectivity index (χ2n) is 2.89. The number of carboxylic acid groups (broad SMARTS) is 1. The molecule has 0 spiro atoms. The van der Waals surface area contributed by atoms with Crippen molar-refractivity contribution in [3.8, 4) is 0 Å². The number of rotatable bonds is 5. The van der Waals surface area contributed by atoms with Gasteiger partial charge in [0.25, 0.3) is 0 Å². The van der Waals surface area contributed by atoms with Crippen LogP contribution < -0.4 is 5.32 Å². The lowest BCUT2D eigenvalue weighted by atomic mass is 10.4. The van der Waals surface area contributed by atoms with Crippen LogP contribution in [0.25, 0.3) is 0 Å². The quantitative estimate of drug-likeness (QED) is 0.619. The van der Waals surface area contributed by atoms with Gasteiger partial charge in [-0.1, -0.05) is 11.6 Å². The number of benzene rings is 1. The molecule has 2 N–H and O–H groups in total. The van der Waals surface area contributed by atoms with E-state index in [1.54, 1.807) is 11.8 Å². The molecule has 0 fully saturated rings. The van der Waals surface area contributed by atoms with Crippen molar-refractivity contribution in [3.05, 3.63) is 29.3 Å². The number of carbonyl (C=O) groups is 1. The summed E-state index contributed by atoms with van der Waals surface area (Å²) in [4.78, 5) is 11.3. The molecule has 0 aliphatic carbocycles. The molecule has 0 radical (unpaired) electrons. The van der Waals surface area contributed by atoms with Crippen LogP contribution in [0.2, 0.25) is 5.02 Å². The topological polar surface area (TPSA) is 49.3 Å². The summed E-state index contributed by atoms with van der Waals surface area (Å²) >= 11 is 7.43. The SMILES string of the molecule is O=C(O)NCCCSc1ccc(Cl)cc1. The van der Waals surface area contributed by atoms with Gasteiger partial charge in [0.15, 0.2) is 0 Å². The summed E-state index contributed by atoms with van der Waals surface area (Å²) in [5.74, 6) is 0.891. The highest BCUT2D eigenvalue weighted by Crippen LogP contribution is 2.20. The van der Waals surface area contributed by atoms with Crippen molar-refractivity contribution in [2.75, 3.05) is 12.3 Å². The number of hydrogen-bond acceptors (Lipinski definition) is 2. The highest BCUT2D eigenvalue weighted by molar-refractivity contribution is 7.99. The van der Waals surface area contributed by atoms with Crippen LogP contribution in [-0.4, -0.2) is 23.5 Å². The first-order chi connectivity index (χ1) is 7.18. The van der Waals surface area contributed by atoms with Crippen LogP contribution in [-0.2, 0) is 0 Å². The lowest BCUT2D eigenvalue weighted by Crippen LogP contribution is -2.22. The van der Waals surface area contributed by atoms with Gasteiger partial charge in [0.1, 0.15) is 0 Å². The van der Waals surface area contributed by atoms with Gasteiger partial charge in [-0.3, -0.25) is 0 Å². The lowest BCUT2D eigenvalue weighted by Gasteiger charge is -2.02. The Morgan fingerprint density at radius 3 is 2.67 bits per heavy atom. The van der Waals surface area contributed by atoms with Crippen LogP contribution in [0.4, 0.5) is 4.79 Å². The van der Waals surface area contributed by atoms with Crippen molar-refractivity contribution in [1.82, 2.24) is 5.32 Å². The zero-order valence-electron chi connectivity index (χ0n) is 8.07. The smallest absolute Gasteiger partial charge is 0.404 e. The summed E-state index contributed by atoms with van der Waals surface area (Å²) in [5, 5.41) is 11.4. The van der Waals surface area contributed by atoms with Crippen molar-refractivity contribution in [3.63, 3.8) is 0 Å². The summed E-state index contributed by atoms with van der Waals surface area (Å²) in [7, 11) is 0. The molecule has 0 atom stereocenters. The van der Waals surface area contributed by atoms with E-state index in [-0.39, 0.29) is 0 Å². The summed E-state index contributed by atoms with van der Waals surface area (Å²) in [6.07, 6.45) is -0.147. The maximum absolute atomic E-state index is 10.1. The van der Waals surface area contributed by atoms with Crippen molar-refractivity contribution in [2.24, 2.45) is 0 Å². The van der Waals surface area contributed by atoms with Crippen LogP contribution >= 0.6 is 23.4 Å². The molecule has 82 valence electrons. The fraction of sp³-hybridized carbons (Fsp3) is 0.300. The van der Waals surface area contributed by atoms with E-state index in [0.717, 1.165) is 22.1 Å². The Bertz CT molecular complexity index is 316. The molecule has 0 unspecified atom stereocenters. The lowest BCUT2D eigenvalue weighted by molar-refractivity contribution is 0.194. The number of amides is 1. The molecule has 0 aliphatic heterocycles. The average molecular weight is 246 g/mol. The Morgan fingerprint density at radius 2 is 2.07 bits per heavy atom. The minimum absolute atomic E-state index is 0.496. The van der Waals surface area contributed by atoms with Crippen LogP contribution in [0.15, 0.2) is 29.2 Å². The molecule has 0 aromatic heterocycles. The summed E-state index contributed by atoms with van der Waals surface area (Å²) in [6.45, 7) is 0.496. The number of hydrogen-bond donors (Lipinski definition) is 2. The zero-order chi connectivity index (χ0) is 11.1. The molecule has 1 amide bonds. The largest absolute Gasteiger partial charge is 0.465 e. The van der Waals surface area contributed by atoms with Crippen molar-refractivity contribution in [2.45, 2.75) is 11.3 Å². The van der Waals surface area contributed by atoms with Crippen molar-refractivity contribution >= 4 is 29.5 Å². The monoisotopic (exact) mass is 245 g/mol. The minimum Gasteiger partial charge on any atom is -0.465 e. The molecule has 15 heavy (non-hydrogen) atoms. The fourth-order valence-electron chi connectivity index (χ4n) is 0.988. The highest BCUT2D eigenvalue weighted by atomic mass is 35.5. The molecule has 0 saturated carbocycles. The van der Waals surface area contributed by atoms with Gasteiger partial charge in [-0.05, 0) is 36.4 Å². The Morgan fingerprint density at radius 1 is 1.40 bits per heavy atom. The van der Waals surface area contributed by atoms with Gasteiger partial charge in [-0.15, -0.1) is 11.8 Å². The van der Waals surface area contributed by atoms with Gasteiger partial charge in [0, 0.05) is 16.5 Å². The van der Waals surface area contributed by atoms with Crippen molar-refractivity contribution in [1.29, 1.82) is 0 Å². The third kappa shape index (κ3) is 5.54. The van der Waals surface area contributed by atoms with Crippen LogP contribution in [0.1, 0.15) is 6.42 Å². The third-order valence-corrected chi connectivity index (χ3v) is 3.03. The predicted octanol–water partition coefficient (Wildman–Crippen LogP) is 3.09. The van der Waals surface area contributed by atoms with Crippen molar-refractivity contribution < 1.29 is 9.90 Å². The van der Waals surface area contributed by atoms with Gasteiger partial charge >= 0.3 is 6.09 Å². The molecular weight excluding hydrogens is 234 g/mol. The van der Waals surface area contributed by atoms with Crippen LogP contribution in [0.5, 0.6) is 0 Å². The Balaban J connectivity index is 2.15. The molecule has 0 saturated heterocycles. The Hall–Kier alpha value is -0.870. The first kappa shape index (κ1) is 12.2. The molecule has 0 aliphatic rings. The Kier molecular flexibility index (Phi) is 5.36. The van der Waals surface area contributed by atoms with E-state index in [1.165, 1.54) is 0 Å². The van der Waals surface area contributed by atoms with E-state index in [2.05, 4.69) is 5.32 Å². The van der Waals surface area contributed by atoms with E-state index in [1.807, 2.05) is 24.3 Å². The summed E-state index contributed by atoms with van der Waals surface area (Å²) in [6, 6.07) is 7.61. The second kappa shape index (κ2) is 6.58. The second-order valence-corrected chi connectivity index (χ2v) is 4.49. The highest BCUT2D eigenvalue weighted by Gasteiger charge is 1.96. The average Bonchev–Trinajstić information content (AvgIpc) is 2.20. The van der Waals surface area contributed by atoms with E-state index < -0.39 is 6.09 Å². The van der Waals surface area contributed by atoms with Crippen LogP contribution in [0, 0.1) is 0 Å². The number of halogens is 1. The number of thioether (sulfide) groups is 1. The van der Waals surface area contributed by atoms with E-state index >= 15 is 0 Å². The van der Waals surface area contributed by atoms with Gasteiger partial charge in [-0.25, -0.2) is 4.79 Å². The molecule has 1 aromatic carbocycles. The summed E-state index contributed by atoms with van der Waals surface area (Å²) in [5.41, 5.74) is 0. The predicted molar refractivity (Wildman–Crippen MR) is 62.8 cm³/mol. The van der Waals surface area contributed by atoms with E-state index in [4.69, 9.17) is 16.7 Å². The van der Waals surface area contributed by atoms with Gasteiger partial charge in [0.05, 0.1) is 0 Å². The van der Waals surface area contributed by atoms with E-state index in [0.29, 0.717) is 6.54 Å². The van der Waals surface area contributed by atoms with Gasteiger partial charge in [0.2, 0.25) is 0 Å². The zero-order valence-corrected chi connectivity index (χ0v) is 9.64. The maximum Gasteiger partial charge on any atom is 0.404 e. The fourth-order valence-corrected chi connectivity index (χ4v) is 1.97. The first-order valence-electron chi connectivity index (χ1n) is 4.53. The van der Waals surface area contributed by atoms with Gasteiger partial charge in [-0.2, -0.15) is 0 Å². The molecular formula is C10H12ClNO2S. The molecule has 1 rings (SSSR count). The molecule has 5 heteroatoms. The third-order valence-electron chi connectivity index (χ3n) is 1.68. The summed E-state index contributed by atoms with van der Waals surface area (Å²) < 4.78 is 0. The van der Waals surface area contributed by atoms with E-state index in [9.17, 15) is 4.79 Å². The molecule has 0 heterocycles. The van der Waals surface area contributed by atoms with Gasteiger partial charge < -0.3 is 10.4 Å². The Labute approximate surface area is 97.8 Å². The standard InChI is InChI=1S/C10H12ClNO2S/c11-8-2-4-9(5-3-8)15-7-1-6-12-10(13)14/h2-5,12H,1,6-7H2,(H,13,14). The maximum atomic E-state index is 10.1. The number of nitrogens with one attached hydrogen (secondary N) is 1. The normalized spacial score (nSPS) is 9.93. The minimum atomic E-state index is -0.966. The molecule has 3 nitrogen and oxygen atoms in total. The van der Waals surface area contributed by atoms with Crippen LogP contribution in [0.3, 0.4) is 0 Å². The molecule has 0 bridgehead atoms. The first-order valence-corrected chi connectivity index (χ1v) is 5.90.